The lowest BCUT2D eigenvalue weighted by Crippen LogP contribution is -2.56. The molecule has 118 valence electrons. The fourth-order valence-electron chi connectivity index (χ4n) is 1.72. The molecule has 2 N–H and O–H groups in total. The van der Waals surface area contributed by atoms with Crippen molar-refractivity contribution in [3.05, 3.63) is 35.6 Å². The summed E-state index contributed by atoms with van der Waals surface area (Å²) in [6, 6.07) is 5.25. The first kappa shape index (κ1) is 17.9. The van der Waals surface area contributed by atoms with Crippen LogP contribution in [0.3, 0.4) is 0 Å². The van der Waals surface area contributed by atoms with Crippen molar-refractivity contribution in [3.8, 4) is 0 Å². The summed E-state index contributed by atoms with van der Waals surface area (Å²) in [7, 11) is 0. The molecule has 0 aliphatic heterocycles. The Bertz CT molecular complexity index is 521. The van der Waals surface area contributed by atoms with Gasteiger partial charge in [-0.05, 0) is 33.8 Å². The predicted octanol–water partition coefficient (Wildman–Crippen LogP) is 2.52. The van der Waals surface area contributed by atoms with Crippen molar-refractivity contribution in [2.45, 2.75) is 44.2 Å². The van der Waals surface area contributed by atoms with E-state index in [0.29, 0.717) is 0 Å². The molecule has 3 atom stereocenters. The summed E-state index contributed by atoms with van der Waals surface area (Å²) in [5, 5.41) is 8.95. The lowest BCUT2D eigenvalue weighted by Gasteiger charge is -2.35. The Kier molecular flexibility index (Phi) is 5.35. The Morgan fingerprint density at radius 3 is 2.29 bits per heavy atom. The second-order valence-electron chi connectivity index (χ2n) is 5.87. The Morgan fingerprint density at radius 1 is 1.33 bits per heavy atom. The maximum Gasteiger partial charge on any atom is 0.340 e. The summed E-state index contributed by atoms with van der Waals surface area (Å²) in [6.07, 6.45) is -2.46. The van der Waals surface area contributed by atoms with Gasteiger partial charge in [-0.1, -0.05) is 18.2 Å². The zero-order chi connectivity index (χ0) is 16.4. The van der Waals surface area contributed by atoms with Crippen LogP contribution in [0.5, 0.6) is 0 Å². The number of hydrogen-bond acceptors (Lipinski definition) is 3. The number of hydrogen-bond donors (Lipinski definition) is 2. The van der Waals surface area contributed by atoms with E-state index in [2.05, 4.69) is 4.72 Å². The molecule has 0 aliphatic rings. The van der Waals surface area contributed by atoms with E-state index in [-0.39, 0.29) is 5.56 Å². The van der Waals surface area contributed by atoms with Gasteiger partial charge >= 0.3 is 5.97 Å². The van der Waals surface area contributed by atoms with Crippen LogP contribution >= 0.6 is 0 Å². The van der Waals surface area contributed by atoms with Crippen molar-refractivity contribution in [3.63, 3.8) is 0 Å². The minimum Gasteiger partial charge on any atom is -0.598 e. The average Bonchev–Trinajstić information content (AvgIpc) is 2.36. The van der Waals surface area contributed by atoms with Crippen molar-refractivity contribution in [1.82, 2.24) is 4.72 Å². The van der Waals surface area contributed by atoms with Crippen LogP contribution in [0.2, 0.25) is 0 Å². The summed E-state index contributed by atoms with van der Waals surface area (Å²) < 4.78 is 42.1. The first-order valence-corrected chi connectivity index (χ1v) is 7.46. The molecule has 0 heterocycles. The molecular weight excluding hydrogens is 300 g/mol. The van der Waals surface area contributed by atoms with E-state index in [1.54, 1.807) is 20.8 Å². The number of nitrogens with one attached hydrogen (secondary N) is 1. The molecule has 4 nitrogen and oxygen atoms in total. The first-order valence-electron chi connectivity index (χ1n) is 6.31. The van der Waals surface area contributed by atoms with Crippen molar-refractivity contribution in [2.75, 3.05) is 0 Å². The fraction of sp³-hybridized carbons (Fsp3) is 0.500. The van der Waals surface area contributed by atoms with Crippen LogP contribution in [-0.2, 0) is 21.7 Å². The molecule has 1 rings (SSSR count). The van der Waals surface area contributed by atoms with Gasteiger partial charge in [0.05, 0.1) is 0 Å². The van der Waals surface area contributed by atoms with Crippen LogP contribution in [0.25, 0.3) is 0 Å². The molecule has 0 aliphatic carbocycles. The van der Waals surface area contributed by atoms with Crippen LogP contribution in [0.15, 0.2) is 24.3 Å². The fourth-order valence-corrected chi connectivity index (χ4v) is 2.62. The van der Waals surface area contributed by atoms with Gasteiger partial charge in [0.25, 0.3) is 0 Å². The Hall–Kier alpha value is -1.18. The third-order valence-electron chi connectivity index (χ3n) is 3.02. The second-order valence-corrected chi connectivity index (χ2v) is 7.83. The summed E-state index contributed by atoms with van der Waals surface area (Å²) in [4.78, 5) is 11.0. The van der Waals surface area contributed by atoms with E-state index in [0.717, 1.165) is 6.07 Å². The lowest BCUT2D eigenvalue weighted by molar-refractivity contribution is -0.145. The number of rotatable bonds is 5. The topological polar surface area (TPSA) is 72.4 Å². The highest BCUT2D eigenvalue weighted by Gasteiger charge is 2.48. The van der Waals surface area contributed by atoms with E-state index in [9.17, 15) is 18.1 Å². The zero-order valence-corrected chi connectivity index (χ0v) is 13.1. The smallest absolute Gasteiger partial charge is 0.340 e. The van der Waals surface area contributed by atoms with Gasteiger partial charge in [-0.2, -0.15) is 0 Å². The number of carboxylic acids is 1. The van der Waals surface area contributed by atoms with E-state index < -0.39 is 39.6 Å². The Morgan fingerprint density at radius 2 is 1.86 bits per heavy atom. The minimum atomic E-state index is -2.46. The molecule has 0 fully saturated rings. The van der Waals surface area contributed by atoms with Crippen molar-refractivity contribution in [1.29, 1.82) is 0 Å². The SMILES string of the molecule is CC(C)(C)[S@@+]([O-])N[C@](C)(c1ccccc1F)[C@@H](F)C(=O)O. The van der Waals surface area contributed by atoms with Gasteiger partial charge in [0.15, 0.2) is 0 Å². The molecule has 21 heavy (non-hydrogen) atoms. The van der Waals surface area contributed by atoms with Gasteiger partial charge in [0.1, 0.15) is 16.1 Å². The quantitative estimate of drug-likeness (QED) is 0.818. The minimum absolute atomic E-state index is 0.183. The van der Waals surface area contributed by atoms with E-state index in [4.69, 9.17) is 5.11 Å². The van der Waals surface area contributed by atoms with Crippen LogP contribution in [0, 0.1) is 5.82 Å². The third-order valence-corrected chi connectivity index (χ3v) is 4.74. The summed E-state index contributed by atoms with van der Waals surface area (Å²) in [5.74, 6) is -2.51. The summed E-state index contributed by atoms with van der Waals surface area (Å²) in [6.45, 7) is 6.12. The van der Waals surface area contributed by atoms with Gasteiger partial charge in [0.2, 0.25) is 6.17 Å². The molecule has 0 saturated heterocycles. The molecule has 0 spiro atoms. The van der Waals surface area contributed by atoms with E-state index >= 15 is 0 Å². The maximum atomic E-state index is 14.2. The number of carboxylic acid groups (broad SMARTS) is 1. The molecule has 1 aromatic rings. The number of halogens is 2. The largest absolute Gasteiger partial charge is 0.598 e. The number of alkyl halides is 1. The standard InChI is InChI=1S/C14H19F2NO3S/c1-13(2,3)21(20)17-14(4,11(16)12(18)19)9-7-5-6-8-10(9)15/h5-8,11,17H,1-4H3,(H,18,19)/t11-,14+,21+/m0/s1. The predicted molar refractivity (Wildman–Crippen MR) is 77.3 cm³/mol. The van der Waals surface area contributed by atoms with Crippen LogP contribution < -0.4 is 4.72 Å². The molecule has 7 heteroatoms. The van der Waals surface area contributed by atoms with Gasteiger partial charge in [-0.25, -0.2) is 13.6 Å². The lowest BCUT2D eigenvalue weighted by atomic mass is 9.88. The van der Waals surface area contributed by atoms with Crippen LogP contribution in [-0.4, -0.2) is 26.5 Å². The molecule has 0 saturated carbocycles. The van der Waals surface area contributed by atoms with E-state index in [1.807, 2.05) is 0 Å². The van der Waals surface area contributed by atoms with E-state index in [1.165, 1.54) is 25.1 Å². The molecule has 0 radical (unpaired) electrons. The highest BCUT2D eigenvalue weighted by atomic mass is 32.2. The third kappa shape index (κ3) is 3.93. The van der Waals surface area contributed by atoms with Crippen LogP contribution in [0.4, 0.5) is 8.78 Å². The zero-order valence-electron chi connectivity index (χ0n) is 12.3. The molecule has 1 aromatic carbocycles. The molecule has 0 unspecified atom stereocenters. The summed E-state index contributed by atoms with van der Waals surface area (Å²) in [5.41, 5.74) is -2.13. The van der Waals surface area contributed by atoms with Crippen LogP contribution in [0.1, 0.15) is 33.3 Å². The van der Waals surface area contributed by atoms with Gasteiger partial charge < -0.3 is 9.66 Å². The first-order chi connectivity index (χ1) is 9.50. The molecule has 0 aromatic heterocycles. The van der Waals surface area contributed by atoms with Gasteiger partial charge in [0, 0.05) is 16.9 Å². The highest BCUT2D eigenvalue weighted by Crippen LogP contribution is 2.32. The normalized spacial score (nSPS) is 17.9. The summed E-state index contributed by atoms with van der Waals surface area (Å²) >= 11 is -1.77. The Balaban J connectivity index is 3.31. The van der Waals surface area contributed by atoms with Crippen molar-refractivity contribution < 1.29 is 23.2 Å². The molecule has 0 amide bonds. The highest BCUT2D eigenvalue weighted by molar-refractivity contribution is 7.90. The second kappa shape index (κ2) is 6.29. The maximum absolute atomic E-state index is 14.2. The molecular formula is C14H19F2NO3S. The monoisotopic (exact) mass is 319 g/mol. The molecule has 0 bridgehead atoms. The van der Waals surface area contributed by atoms with Gasteiger partial charge in [-0.15, -0.1) is 4.72 Å². The number of benzene rings is 1. The average molecular weight is 319 g/mol. The number of aliphatic carboxylic acids is 1. The number of carbonyl (C=O) groups is 1. The Labute approximate surface area is 125 Å². The van der Waals surface area contributed by atoms with Crippen molar-refractivity contribution in [2.24, 2.45) is 0 Å². The van der Waals surface area contributed by atoms with Crippen molar-refractivity contribution >= 4 is 17.3 Å². The van der Waals surface area contributed by atoms with Gasteiger partial charge in [-0.3, -0.25) is 0 Å².